The van der Waals surface area contributed by atoms with E-state index in [1.54, 1.807) is 13.8 Å². The van der Waals surface area contributed by atoms with E-state index in [2.05, 4.69) is 5.32 Å². The Kier molecular flexibility index (Phi) is 6.60. The van der Waals surface area contributed by atoms with Gasteiger partial charge in [-0.05, 0) is 38.8 Å². The van der Waals surface area contributed by atoms with E-state index in [4.69, 9.17) is 9.47 Å². The molecule has 0 aromatic heterocycles. The third-order valence-corrected chi connectivity index (χ3v) is 4.33. The first kappa shape index (κ1) is 19.8. The lowest BCUT2D eigenvalue weighted by molar-refractivity contribution is -0.154. The molecule has 0 saturated carbocycles. The van der Waals surface area contributed by atoms with Crippen molar-refractivity contribution >= 4 is 17.8 Å². The summed E-state index contributed by atoms with van der Waals surface area (Å²) in [6, 6.07) is 4.88. The largest absolute Gasteiger partial charge is 0.480 e. The molecule has 142 valence electrons. The van der Waals surface area contributed by atoms with E-state index >= 15 is 0 Å². The molecule has 1 aliphatic rings. The number of para-hydroxylation sites is 1. The molecule has 0 bridgehead atoms. The van der Waals surface area contributed by atoms with Crippen LogP contribution in [0.1, 0.15) is 31.4 Å². The topological polar surface area (TPSA) is 84.9 Å². The average Bonchev–Trinajstić information content (AvgIpc) is 2.59. The Morgan fingerprint density at radius 1 is 1.31 bits per heavy atom. The van der Waals surface area contributed by atoms with Gasteiger partial charge in [-0.15, -0.1) is 0 Å². The van der Waals surface area contributed by atoms with Crippen LogP contribution >= 0.6 is 0 Å². The number of nitrogens with zero attached hydrogens (tertiary/aromatic N) is 1. The maximum absolute atomic E-state index is 12.9. The number of benzene rings is 1. The van der Waals surface area contributed by atoms with Crippen molar-refractivity contribution in [1.82, 2.24) is 10.2 Å². The second-order valence-corrected chi connectivity index (χ2v) is 6.33. The SMILES string of the molecule is CCOC(=O)C[C@H]1C(=O)NCCN1C(=O)[C@@H](C)Oc1c(C)cccc1C. The van der Waals surface area contributed by atoms with E-state index in [-0.39, 0.29) is 24.8 Å². The van der Waals surface area contributed by atoms with E-state index in [9.17, 15) is 14.4 Å². The molecule has 7 heteroatoms. The molecular formula is C19H26N2O5. The summed E-state index contributed by atoms with van der Waals surface area (Å²) >= 11 is 0. The number of carbonyl (C=O) groups is 3. The number of nitrogens with one attached hydrogen (secondary N) is 1. The van der Waals surface area contributed by atoms with Gasteiger partial charge in [0.05, 0.1) is 13.0 Å². The van der Waals surface area contributed by atoms with Crippen LogP contribution in [-0.2, 0) is 19.1 Å². The summed E-state index contributed by atoms with van der Waals surface area (Å²) in [6.45, 7) is 8.08. The molecule has 2 amide bonds. The summed E-state index contributed by atoms with van der Waals surface area (Å²) in [5, 5.41) is 2.69. The van der Waals surface area contributed by atoms with Crippen molar-refractivity contribution in [3.63, 3.8) is 0 Å². The molecule has 26 heavy (non-hydrogen) atoms. The van der Waals surface area contributed by atoms with Crippen LogP contribution in [0, 0.1) is 13.8 Å². The first-order valence-electron chi connectivity index (χ1n) is 8.81. The Morgan fingerprint density at radius 2 is 1.96 bits per heavy atom. The van der Waals surface area contributed by atoms with Gasteiger partial charge >= 0.3 is 5.97 Å². The van der Waals surface area contributed by atoms with Gasteiger partial charge in [0.1, 0.15) is 11.8 Å². The quantitative estimate of drug-likeness (QED) is 0.772. The zero-order chi connectivity index (χ0) is 19.3. The molecule has 7 nitrogen and oxygen atoms in total. The van der Waals surface area contributed by atoms with Crippen LogP contribution in [0.3, 0.4) is 0 Å². The van der Waals surface area contributed by atoms with Crippen molar-refractivity contribution in [2.24, 2.45) is 0 Å². The second kappa shape index (κ2) is 8.69. The molecule has 0 spiro atoms. The first-order chi connectivity index (χ1) is 12.3. The van der Waals surface area contributed by atoms with Crippen LogP contribution in [0.5, 0.6) is 5.75 Å². The van der Waals surface area contributed by atoms with Gasteiger partial charge < -0.3 is 19.7 Å². The van der Waals surface area contributed by atoms with Crippen molar-refractivity contribution in [3.05, 3.63) is 29.3 Å². The zero-order valence-corrected chi connectivity index (χ0v) is 15.7. The minimum atomic E-state index is -0.876. The number of aryl methyl sites for hydroxylation is 2. The minimum Gasteiger partial charge on any atom is -0.480 e. The van der Waals surface area contributed by atoms with E-state index < -0.39 is 18.1 Å². The highest BCUT2D eigenvalue weighted by Crippen LogP contribution is 2.24. The Bertz CT molecular complexity index is 668. The van der Waals surface area contributed by atoms with Crippen LogP contribution < -0.4 is 10.1 Å². The number of rotatable bonds is 6. The molecule has 1 fully saturated rings. The van der Waals surface area contributed by atoms with E-state index in [0.717, 1.165) is 11.1 Å². The maximum Gasteiger partial charge on any atom is 0.308 e. The summed E-state index contributed by atoms with van der Waals surface area (Å²) in [4.78, 5) is 38.3. The molecule has 1 saturated heterocycles. The molecule has 0 radical (unpaired) electrons. The van der Waals surface area contributed by atoms with Crippen molar-refractivity contribution < 1.29 is 23.9 Å². The fourth-order valence-electron chi connectivity index (χ4n) is 3.00. The van der Waals surface area contributed by atoms with Gasteiger partial charge in [0, 0.05) is 13.1 Å². The predicted octanol–water partition coefficient (Wildman–Crippen LogP) is 1.35. The molecule has 2 rings (SSSR count). The molecular weight excluding hydrogens is 336 g/mol. The summed E-state index contributed by atoms with van der Waals surface area (Å²) in [7, 11) is 0. The molecule has 1 aromatic rings. The predicted molar refractivity (Wildman–Crippen MR) is 95.8 cm³/mol. The lowest BCUT2D eigenvalue weighted by Crippen LogP contribution is -2.60. The van der Waals surface area contributed by atoms with Crippen molar-refractivity contribution in [2.45, 2.75) is 46.3 Å². The molecule has 1 N–H and O–H groups in total. The standard InChI is InChI=1S/C19H26N2O5/c1-5-25-16(22)11-15-18(23)20-9-10-21(15)19(24)14(4)26-17-12(2)7-6-8-13(17)3/h6-8,14-15H,5,9-11H2,1-4H3,(H,20,23)/t14-,15+/m1/s1. The van der Waals surface area contributed by atoms with Crippen LogP contribution in [0.4, 0.5) is 0 Å². The monoisotopic (exact) mass is 362 g/mol. The second-order valence-electron chi connectivity index (χ2n) is 6.33. The molecule has 0 aliphatic carbocycles. The van der Waals surface area contributed by atoms with Gasteiger partial charge in [0.15, 0.2) is 6.10 Å². The Balaban J connectivity index is 2.13. The fourth-order valence-corrected chi connectivity index (χ4v) is 3.00. The van der Waals surface area contributed by atoms with Crippen molar-refractivity contribution in [3.8, 4) is 5.75 Å². The number of piperazine rings is 1. The Hall–Kier alpha value is -2.57. The summed E-state index contributed by atoms with van der Waals surface area (Å²) in [6.07, 6.45) is -0.938. The summed E-state index contributed by atoms with van der Waals surface area (Å²) in [5.41, 5.74) is 1.87. The average molecular weight is 362 g/mol. The Labute approximate surface area is 153 Å². The number of hydrogen-bond acceptors (Lipinski definition) is 5. The molecule has 1 aliphatic heterocycles. The Morgan fingerprint density at radius 3 is 2.58 bits per heavy atom. The normalized spacial score (nSPS) is 18.1. The highest BCUT2D eigenvalue weighted by Gasteiger charge is 2.37. The zero-order valence-electron chi connectivity index (χ0n) is 15.7. The number of carbonyl (C=O) groups excluding carboxylic acids is 3. The van der Waals surface area contributed by atoms with E-state index in [1.807, 2.05) is 32.0 Å². The number of hydrogen-bond donors (Lipinski definition) is 1. The number of ether oxygens (including phenoxy) is 2. The van der Waals surface area contributed by atoms with Crippen LogP contribution in [0.15, 0.2) is 18.2 Å². The van der Waals surface area contributed by atoms with Gasteiger partial charge in [-0.25, -0.2) is 0 Å². The number of amides is 2. The third-order valence-electron chi connectivity index (χ3n) is 4.33. The molecule has 1 heterocycles. The maximum atomic E-state index is 12.9. The van der Waals surface area contributed by atoms with E-state index in [1.165, 1.54) is 4.90 Å². The number of esters is 1. The minimum absolute atomic E-state index is 0.165. The van der Waals surface area contributed by atoms with Gasteiger partial charge in [-0.1, -0.05) is 18.2 Å². The van der Waals surface area contributed by atoms with Crippen molar-refractivity contribution in [1.29, 1.82) is 0 Å². The molecule has 2 atom stereocenters. The fraction of sp³-hybridized carbons (Fsp3) is 0.526. The van der Waals surface area contributed by atoms with Gasteiger partial charge in [-0.3, -0.25) is 14.4 Å². The van der Waals surface area contributed by atoms with E-state index in [0.29, 0.717) is 18.8 Å². The third kappa shape index (κ3) is 4.53. The molecule has 0 unspecified atom stereocenters. The smallest absolute Gasteiger partial charge is 0.308 e. The van der Waals surface area contributed by atoms with Crippen LogP contribution in [0.2, 0.25) is 0 Å². The van der Waals surface area contributed by atoms with Gasteiger partial charge in [0.25, 0.3) is 5.91 Å². The summed E-state index contributed by atoms with van der Waals surface area (Å²) < 4.78 is 10.8. The van der Waals surface area contributed by atoms with Crippen LogP contribution in [0.25, 0.3) is 0 Å². The molecule has 1 aromatic carbocycles. The van der Waals surface area contributed by atoms with Gasteiger partial charge in [-0.2, -0.15) is 0 Å². The first-order valence-corrected chi connectivity index (χ1v) is 8.81. The summed E-state index contributed by atoms with van der Waals surface area (Å²) in [5.74, 6) is -0.513. The highest BCUT2D eigenvalue weighted by atomic mass is 16.5. The lowest BCUT2D eigenvalue weighted by atomic mass is 10.1. The lowest BCUT2D eigenvalue weighted by Gasteiger charge is -2.36. The van der Waals surface area contributed by atoms with Gasteiger partial charge in [0.2, 0.25) is 5.91 Å². The highest BCUT2D eigenvalue weighted by molar-refractivity contribution is 5.93. The van der Waals surface area contributed by atoms with Crippen molar-refractivity contribution in [2.75, 3.05) is 19.7 Å². The van der Waals surface area contributed by atoms with Crippen LogP contribution in [-0.4, -0.2) is 54.5 Å².